The molecule has 1 heterocycles. The monoisotopic (exact) mass is 500 g/mol. The summed E-state index contributed by atoms with van der Waals surface area (Å²) in [5, 5.41) is 0.431. The highest BCUT2D eigenvalue weighted by Gasteiger charge is 2.30. The average molecular weight is 501 g/mol. The number of hydrogen-bond acceptors (Lipinski definition) is 7. The topological polar surface area (TPSA) is 118 Å². The first-order chi connectivity index (χ1) is 15.0. The molecular weight excluding hydrogens is 480 g/mol. The number of carbonyl (C=O) groups is 2. The molecule has 0 saturated carbocycles. The number of halogens is 1. The number of carbonyl (C=O) groups excluding carboxylic acids is 2. The van der Waals surface area contributed by atoms with Crippen LogP contribution in [0.3, 0.4) is 0 Å². The molecule has 1 amide bonds. The number of amides is 1. The first-order valence-electron chi connectivity index (χ1n) is 9.49. The van der Waals surface area contributed by atoms with Crippen molar-refractivity contribution in [3.63, 3.8) is 0 Å². The zero-order valence-corrected chi connectivity index (χ0v) is 19.5. The number of piperazine rings is 1. The molecule has 0 aliphatic carbocycles. The Balaban J connectivity index is 1.52. The van der Waals surface area contributed by atoms with Gasteiger partial charge < -0.3 is 9.64 Å². The van der Waals surface area contributed by atoms with Crippen molar-refractivity contribution in [3.05, 3.63) is 59.1 Å². The Morgan fingerprint density at radius 3 is 1.94 bits per heavy atom. The Bertz CT molecular complexity index is 1200. The van der Waals surface area contributed by atoms with Crippen LogP contribution in [0.25, 0.3) is 0 Å². The minimum Gasteiger partial charge on any atom is -0.452 e. The minimum atomic E-state index is -3.70. The average Bonchev–Trinajstić information content (AvgIpc) is 2.77. The summed E-state index contributed by atoms with van der Waals surface area (Å²) in [5.41, 5.74) is 0.115. The lowest BCUT2D eigenvalue weighted by molar-refractivity contribution is -0.135. The van der Waals surface area contributed by atoms with E-state index in [9.17, 15) is 26.4 Å². The van der Waals surface area contributed by atoms with Gasteiger partial charge in [-0.1, -0.05) is 11.6 Å². The Labute approximate surface area is 191 Å². The van der Waals surface area contributed by atoms with Gasteiger partial charge in [0, 0.05) is 37.5 Å². The highest BCUT2D eigenvalue weighted by atomic mass is 35.5. The van der Waals surface area contributed by atoms with Crippen molar-refractivity contribution in [3.8, 4) is 0 Å². The predicted octanol–water partition coefficient (Wildman–Crippen LogP) is 1.43. The maximum Gasteiger partial charge on any atom is 0.338 e. The molecule has 12 heteroatoms. The molecular formula is C20H21ClN2O7S2. The molecule has 0 atom stereocenters. The van der Waals surface area contributed by atoms with Crippen LogP contribution in [0.15, 0.2) is 58.3 Å². The number of rotatable bonds is 6. The van der Waals surface area contributed by atoms with Crippen LogP contribution in [0.2, 0.25) is 5.02 Å². The van der Waals surface area contributed by atoms with E-state index >= 15 is 0 Å². The highest BCUT2D eigenvalue weighted by molar-refractivity contribution is 7.90. The first kappa shape index (κ1) is 24.2. The molecule has 1 fully saturated rings. The van der Waals surface area contributed by atoms with Crippen molar-refractivity contribution in [2.75, 3.05) is 39.0 Å². The van der Waals surface area contributed by atoms with Gasteiger partial charge in [0.2, 0.25) is 10.0 Å². The fraction of sp³-hybridized carbons (Fsp3) is 0.300. The number of benzene rings is 2. The Morgan fingerprint density at radius 2 is 1.41 bits per heavy atom. The number of hydrogen-bond donors (Lipinski definition) is 0. The normalized spacial score (nSPS) is 15.4. The molecule has 0 spiro atoms. The molecule has 172 valence electrons. The number of sulfone groups is 1. The van der Waals surface area contributed by atoms with E-state index in [1.807, 2.05) is 0 Å². The molecule has 1 aliphatic rings. The van der Waals surface area contributed by atoms with Crippen LogP contribution in [0.4, 0.5) is 0 Å². The van der Waals surface area contributed by atoms with Gasteiger partial charge in [-0.05, 0) is 48.5 Å². The number of sulfonamides is 1. The standard InChI is InChI=1S/C20H21ClN2O7S2/c1-31(26,27)17-6-2-15(3-7-17)20(25)30-14-19(24)22-10-12-23(13-11-22)32(28,29)18-8-4-16(21)5-9-18/h2-9H,10-14H2,1H3. The molecule has 0 bridgehead atoms. The molecule has 9 nitrogen and oxygen atoms in total. The lowest BCUT2D eigenvalue weighted by Gasteiger charge is -2.33. The van der Waals surface area contributed by atoms with Gasteiger partial charge in [0.25, 0.3) is 5.91 Å². The van der Waals surface area contributed by atoms with Gasteiger partial charge in [0.1, 0.15) is 0 Å². The first-order valence-corrected chi connectivity index (χ1v) is 13.2. The summed E-state index contributed by atoms with van der Waals surface area (Å²) in [6.45, 7) is 0.0321. The molecule has 0 aromatic heterocycles. The summed E-state index contributed by atoms with van der Waals surface area (Å²) in [6, 6.07) is 11.0. The van der Waals surface area contributed by atoms with Crippen molar-refractivity contribution in [1.82, 2.24) is 9.21 Å². The molecule has 0 radical (unpaired) electrons. The summed E-state index contributed by atoms with van der Waals surface area (Å²) < 4.78 is 54.7. The maximum atomic E-state index is 12.7. The van der Waals surface area contributed by atoms with Crippen LogP contribution in [-0.4, -0.2) is 77.0 Å². The Morgan fingerprint density at radius 1 is 0.875 bits per heavy atom. The van der Waals surface area contributed by atoms with Gasteiger partial charge in [0.15, 0.2) is 16.4 Å². The van der Waals surface area contributed by atoms with E-state index < -0.39 is 38.3 Å². The minimum absolute atomic E-state index is 0.0662. The van der Waals surface area contributed by atoms with Gasteiger partial charge in [-0.2, -0.15) is 4.31 Å². The van der Waals surface area contributed by atoms with Crippen molar-refractivity contribution in [2.24, 2.45) is 0 Å². The summed E-state index contributed by atoms with van der Waals surface area (Å²) in [4.78, 5) is 26.1. The fourth-order valence-corrected chi connectivity index (χ4v) is 5.25. The van der Waals surface area contributed by atoms with Gasteiger partial charge in [-0.3, -0.25) is 4.79 Å². The number of nitrogens with zero attached hydrogens (tertiary/aromatic N) is 2. The third kappa shape index (κ3) is 5.66. The van der Waals surface area contributed by atoms with Crippen molar-refractivity contribution in [1.29, 1.82) is 0 Å². The van der Waals surface area contributed by atoms with E-state index in [0.717, 1.165) is 6.26 Å². The van der Waals surface area contributed by atoms with Crippen LogP contribution in [0.1, 0.15) is 10.4 Å². The largest absolute Gasteiger partial charge is 0.452 e. The lowest BCUT2D eigenvalue weighted by Crippen LogP contribution is -2.51. The quantitative estimate of drug-likeness (QED) is 0.550. The van der Waals surface area contributed by atoms with Gasteiger partial charge >= 0.3 is 5.97 Å². The van der Waals surface area contributed by atoms with Crippen molar-refractivity contribution >= 4 is 43.3 Å². The second-order valence-electron chi connectivity index (χ2n) is 7.11. The highest BCUT2D eigenvalue weighted by Crippen LogP contribution is 2.20. The van der Waals surface area contributed by atoms with Crippen molar-refractivity contribution in [2.45, 2.75) is 9.79 Å². The van der Waals surface area contributed by atoms with E-state index in [1.54, 1.807) is 0 Å². The Hall–Kier alpha value is -2.47. The van der Waals surface area contributed by atoms with Crippen LogP contribution >= 0.6 is 11.6 Å². The van der Waals surface area contributed by atoms with E-state index in [-0.39, 0.29) is 41.5 Å². The number of esters is 1. The van der Waals surface area contributed by atoms with Crippen molar-refractivity contribution < 1.29 is 31.2 Å². The summed E-state index contributed by atoms with van der Waals surface area (Å²) >= 11 is 5.80. The predicted molar refractivity (Wildman–Crippen MR) is 117 cm³/mol. The smallest absolute Gasteiger partial charge is 0.338 e. The van der Waals surface area contributed by atoms with E-state index in [4.69, 9.17) is 16.3 Å². The zero-order valence-electron chi connectivity index (χ0n) is 17.1. The number of ether oxygens (including phenoxy) is 1. The van der Waals surface area contributed by atoms with E-state index in [0.29, 0.717) is 5.02 Å². The van der Waals surface area contributed by atoms with Gasteiger partial charge in [-0.15, -0.1) is 0 Å². The summed E-state index contributed by atoms with van der Waals surface area (Å²) in [5.74, 6) is -1.21. The maximum absolute atomic E-state index is 12.7. The van der Waals surface area contributed by atoms with Crippen LogP contribution in [0, 0.1) is 0 Å². The second-order valence-corrected chi connectivity index (χ2v) is 11.5. The summed E-state index contributed by atoms with van der Waals surface area (Å²) in [7, 11) is -7.08. The Kier molecular flexibility index (Phi) is 7.23. The van der Waals surface area contributed by atoms with Gasteiger partial charge in [0.05, 0.1) is 15.4 Å². The fourth-order valence-electron chi connectivity index (χ4n) is 3.07. The van der Waals surface area contributed by atoms with Crippen LogP contribution < -0.4 is 0 Å². The van der Waals surface area contributed by atoms with Gasteiger partial charge in [-0.25, -0.2) is 21.6 Å². The SMILES string of the molecule is CS(=O)(=O)c1ccc(C(=O)OCC(=O)N2CCN(S(=O)(=O)c3ccc(Cl)cc3)CC2)cc1. The molecule has 3 rings (SSSR count). The molecule has 1 saturated heterocycles. The van der Waals surface area contributed by atoms with Crippen LogP contribution in [-0.2, 0) is 29.4 Å². The molecule has 2 aromatic carbocycles. The third-order valence-corrected chi connectivity index (χ3v) is 8.18. The molecule has 0 unspecified atom stereocenters. The zero-order chi connectivity index (χ0) is 23.5. The molecule has 2 aromatic rings. The molecule has 1 aliphatic heterocycles. The van der Waals surface area contributed by atoms with E-state index in [1.165, 1.54) is 57.7 Å². The second kappa shape index (κ2) is 9.57. The van der Waals surface area contributed by atoms with Crippen LogP contribution in [0.5, 0.6) is 0 Å². The van der Waals surface area contributed by atoms with E-state index in [2.05, 4.69) is 0 Å². The lowest BCUT2D eigenvalue weighted by atomic mass is 10.2. The molecule has 32 heavy (non-hydrogen) atoms. The third-order valence-electron chi connectivity index (χ3n) is 4.89. The summed E-state index contributed by atoms with van der Waals surface area (Å²) in [6.07, 6.45) is 1.06. The molecule has 0 N–H and O–H groups in total.